The molecule has 1 N–H and O–H groups in total. The number of unbranched alkanes of at least 4 members (excludes halogenated alkanes) is 1. The Morgan fingerprint density at radius 1 is 1.27 bits per heavy atom. The number of nitrogens with zero attached hydrogens (tertiary/aromatic N) is 2. The van der Waals surface area contributed by atoms with Gasteiger partial charge >= 0.3 is 0 Å². The minimum absolute atomic E-state index is 0.101. The van der Waals surface area contributed by atoms with Gasteiger partial charge in [-0.15, -0.1) is 0 Å². The topological polar surface area (TPSA) is 81.2 Å². The van der Waals surface area contributed by atoms with Gasteiger partial charge in [0.2, 0.25) is 11.7 Å². The number of nitrogens with one attached hydrogen (secondary N) is 1. The molecule has 3 rings (SSSR count). The molecule has 0 spiro atoms. The lowest BCUT2D eigenvalue weighted by molar-refractivity contribution is 0.0921. The van der Waals surface area contributed by atoms with Gasteiger partial charge < -0.3 is 14.3 Å². The Hall–Kier alpha value is -2.96. The molecule has 2 aromatic heterocycles. The predicted molar refractivity (Wildman–Crippen MR) is 93.0 cm³/mol. The Morgan fingerprint density at radius 3 is 2.77 bits per heavy atom. The summed E-state index contributed by atoms with van der Waals surface area (Å²) in [6.45, 7) is 2.46. The van der Waals surface area contributed by atoms with E-state index in [4.69, 9.17) is 8.94 Å². The molecule has 0 aliphatic heterocycles. The van der Waals surface area contributed by atoms with Gasteiger partial charge in [0.05, 0.1) is 12.2 Å². The van der Waals surface area contributed by atoms with Crippen molar-refractivity contribution in [1.29, 1.82) is 0 Å². The molecule has 3 aromatic rings. The van der Waals surface area contributed by atoms with Crippen molar-refractivity contribution in [1.82, 2.24) is 15.5 Å². The lowest BCUT2D eigenvalue weighted by atomic mass is 10.0. The van der Waals surface area contributed by atoms with Crippen LogP contribution in [0.5, 0.6) is 0 Å². The molecule has 2 heterocycles. The van der Waals surface area contributed by atoms with Gasteiger partial charge in [-0.2, -0.15) is 4.98 Å². The SMILES string of the molecule is CCCCC(CNC(=O)c1ccco1)c1nc(-c2ccc(F)cc2)no1. The lowest BCUT2D eigenvalue weighted by Gasteiger charge is -2.12. The summed E-state index contributed by atoms with van der Waals surface area (Å²) in [5.74, 6) is 0.414. The summed E-state index contributed by atoms with van der Waals surface area (Å²) in [6, 6.07) is 9.17. The number of carbonyl (C=O) groups is 1. The zero-order chi connectivity index (χ0) is 18.4. The van der Waals surface area contributed by atoms with E-state index in [1.165, 1.54) is 18.4 Å². The quantitative estimate of drug-likeness (QED) is 0.654. The van der Waals surface area contributed by atoms with E-state index < -0.39 is 0 Å². The second-order valence-electron chi connectivity index (χ2n) is 5.99. The Balaban J connectivity index is 1.70. The fourth-order valence-electron chi connectivity index (χ4n) is 2.59. The molecule has 0 saturated heterocycles. The summed E-state index contributed by atoms with van der Waals surface area (Å²) < 4.78 is 23.5. The van der Waals surface area contributed by atoms with Gasteiger partial charge in [0.25, 0.3) is 5.91 Å². The molecular formula is C19H20FN3O3. The molecule has 0 aliphatic rings. The maximum Gasteiger partial charge on any atom is 0.287 e. The number of hydrogen-bond acceptors (Lipinski definition) is 5. The van der Waals surface area contributed by atoms with E-state index >= 15 is 0 Å². The lowest BCUT2D eigenvalue weighted by Crippen LogP contribution is -2.28. The monoisotopic (exact) mass is 357 g/mol. The number of aromatic nitrogens is 2. The first-order chi connectivity index (χ1) is 12.7. The molecule has 0 fully saturated rings. The van der Waals surface area contributed by atoms with Crippen molar-refractivity contribution in [3.8, 4) is 11.4 Å². The highest BCUT2D eigenvalue weighted by Gasteiger charge is 2.21. The standard InChI is InChI=1S/C19H20FN3O3/c1-2-3-5-14(12-21-18(24)16-6-4-11-25-16)19-22-17(23-26-19)13-7-9-15(20)10-8-13/h4,6-11,14H,2-3,5,12H2,1H3,(H,21,24). The molecule has 0 aliphatic carbocycles. The number of benzene rings is 1. The molecule has 6 nitrogen and oxygen atoms in total. The van der Waals surface area contributed by atoms with Crippen LogP contribution in [0.2, 0.25) is 0 Å². The number of furan rings is 1. The van der Waals surface area contributed by atoms with Crippen LogP contribution in [0.25, 0.3) is 11.4 Å². The highest BCUT2D eigenvalue weighted by Crippen LogP contribution is 2.24. The predicted octanol–water partition coefficient (Wildman–Crippen LogP) is 4.17. The summed E-state index contributed by atoms with van der Waals surface area (Å²) in [4.78, 5) is 16.5. The van der Waals surface area contributed by atoms with E-state index in [1.54, 1.807) is 24.3 Å². The normalized spacial score (nSPS) is 12.1. The largest absolute Gasteiger partial charge is 0.459 e. The third kappa shape index (κ3) is 4.36. The van der Waals surface area contributed by atoms with Crippen LogP contribution < -0.4 is 5.32 Å². The average molecular weight is 357 g/mol. The second-order valence-corrected chi connectivity index (χ2v) is 5.99. The average Bonchev–Trinajstić information content (AvgIpc) is 3.34. The number of carbonyl (C=O) groups excluding carboxylic acids is 1. The van der Waals surface area contributed by atoms with Crippen molar-refractivity contribution in [2.24, 2.45) is 0 Å². The molecule has 1 unspecified atom stereocenters. The molecule has 0 bridgehead atoms. The summed E-state index contributed by atoms with van der Waals surface area (Å²) in [5, 5.41) is 6.82. The molecule has 1 aromatic carbocycles. The van der Waals surface area contributed by atoms with Crippen LogP contribution in [0.3, 0.4) is 0 Å². The van der Waals surface area contributed by atoms with Crippen molar-refractivity contribution in [3.63, 3.8) is 0 Å². The highest BCUT2D eigenvalue weighted by atomic mass is 19.1. The zero-order valence-electron chi connectivity index (χ0n) is 14.4. The van der Waals surface area contributed by atoms with E-state index in [-0.39, 0.29) is 23.4 Å². The maximum absolute atomic E-state index is 13.1. The molecule has 1 atom stereocenters. The van der Waals surface area contributed by atoms with E-state index in [1.807, 2.05) is 0 Å². The van der Waals surface area contributed by atoms with E-state index in [0.29, 0.717) is 23.8 Å². The van der Waals surface area contributed by atoms with Crippen LogP contribution >= 0.6 is 0 Å². The Kier molecular flexibility index (Phi) is 5.78. The highest BCUT2D eigenvalue weighted by molar-refractivity contribution is 5.91. The van der Waals surface area contributed by atoms with Gasteiger partial charge in [0.1, 0.15) is 5.82 Å². The fourth-order valence-corrected chi connectivity index (χ4v) is 2.59. The molecule has 0 saturated carbocycles. The van der Waals surface area contributed by atoms with Crippen LogP contribution in [-0.4, -0.2) is 22.6 Å². The Labute approximate surface area is 150 Å². The number of rotatable bonds is 8. The minimum atomic E-state index is -0.320. The molecule has 1 amide bonds. The van der Waals surface area contributed by atoms with Gasteiger partial charge in [-0.25, -0.2) is 4.39 Å². The van der Waals surface area contributed by atoms with Crippen LogP contribution in [-0.2, 0) is 0 Å². The minimum Gasteiger partial charge on any atom is -0.459 e. The van der Waals surface area contributed by atoms with Gasteiger partial charge in [-0.05, 0) is 42.8 Å². The molecule has 7 heteroatoms. The number of amides is 1. The Morgan fingerprint density at radius 2 is 2.08 bits per heavy atom. The van der Waals surface area contributed by atoms with Crippen LogP contribution in [0.1, 0.15) is 48.5 Å². The summed E-state index contributed by atoms with van der Waals surface area (Å²) in [5.41, 5.74) is 0.676. The molecular weight excluding hydrogens is 337 g/mol. The van der Waals surface area contributed by atoms with Crippen LogP contribution in [0.4, 0.5) is 4.39 Å². The van der Waals surface area contributed by atoms with Gasteiger partial charge in [-0.1, -0.05) is 24.9 Å². The zero-order valence-corrected chi connectivity index (χ0v) is 14.4. The fraction of sp³-hybridized carbons (Fsp3) is 0.316. The number of halogens is 1. The van der Waals surface area contributed by atoms with Crippen LogP contribution in [0, 0.1) is 5.82 Å². The van der Waals surface area contributed by atoms with Crippen molar-refractivity contribution in [2.45, 2.75) is 32.1 Å². The third-order valence-electron chi connectivity index (χ3n) is 4.05. The first kappa shape index (κ1) is 17.8. The summed E-state index contributed by atoms with van der Waals surface area (Å²) in [6.07, 6.45) is 4.24. The molecule has 136 valence electrons. The Bertz CT molecular complexity index is 828. The first-order valence-electron chi connectivity index (χ1n) is 8.58. The van der Waals surface area contributed by atoms with Crippen molar-refractivity contribution < 1.29 is 18.1 Å². The smallest absolute Gasteiger partial charge is 0.287 e. The van der Waals surface area contributed by atoms with E-state index in [9.17, 15) is 9.18 Å². The third-order valence-corrected chi connectivity index (χ3v) is 4.05. The van der Waals surface area contributed by atoms with Crippen molar-refractivity contribution >= 4 is 5.91 Å². The van der Waals surface area contributed by atoms with Gasteiger partial charge in [0.15, 0.2) is 5.76 Å². The molecule has 0 radical (unpaired) electrons. The summed E-state index contributed by atoms with van der Waals surface area (Å²) in [7, 11) is 0. The van der Waals surface area contributed by atoms with Crippen LogP contribution in [0.15, 0.2) is 51.6 Å². The van der Waals surface area contributed by atoms with E-state index in [0.717, 1.165) is 19.3 Å². The number of hydrogen-bond donors (Lipinski definition) is 1. The maximum atomic E-state index is 13.1. The van der Waals surface area contributed by atoms with Gasteiger partial charge in [0, 0.05) is 12.1 Å². The summed E-state index contributed by atoms with van der Waals surface area (Å²) >= 11 is 0. The first-order valence-corrected chi connectivity index (χ1v) is 8.58. The second kappa shape index (κ2) is 8.42. The van der Waals surface area contributed by atoms with E-state index in [2.05, 4.69) is 22.4 Å². The van der Waals surface area contributed by atoms with Crippen molar-refractivity contribution in [2.75, 3.05) is 6.54 Å². The van der Waals surface area contributed by atoms with Gasteiger partial charge in [-0.3, -0.25) is 4.79 Å². The van der Waals surface area contributed by atoms with Crippen molar-refractivity contribution in [3.05, 3.63) is 60.1 Å². The molecule has 26 heavy (non-hydrogen) atoms.